The third-order valence-corrected chi connectivity index (χ3v) is 4.73. The van der Waals surface area contributed by atoms with Crippen molar-refractivity contribution in [2.45, 2.75) is 12.8 Å². The zero-order chi connectivity index (χ0) is 16.7. The van der Waals surface area contributed by atoms with Crippen LogP contribution in [0.3, 0.4) is 0 Å². The van der Waals surface area contributed by atoms with Crippen LogP contribution < -0.4 is 10.1 Å². The Morgan fingerprint density at radius 3 is 3.00 bits per heavy atom. The normalized spacial score (nSPS) is 18.5. The molecule has 4 rings (SSSR count). The number of aliphatic imine (C=N–C) groups is 1. The molecule has 2 heterocycles. The van der Waals surface area contributed by atoms with E-state index >= 15 is 0 Å². The zero-order valence-electron chi connectivity index (χ0n) is 13.3. The number of rotatable bonds is 3. The summed E-state index contributed by atoms with van der Waals surface area (Å²) in [5.74, 6) is 1.68. The van der Waals surface area contributed by atoms with E-state index in [4.69, 9.17) is 16.3 Å². The lowest BCUT2D eigenvalue weighted by atomic mass is 10.0. The van der Waals surface area contributed by atoms with Crippen LogP contribution >= 0.6 is 11.6 Å². The van der Waals surface area contributed by atoms with Crippen molar-refractivity contribution in [3.63, 3.8) is 0 Å². The van der Waals surface area contributed by atoms with E-state index in [0.29, 0.717) is 10.8 Å². The van der Waals surface area contributed by atoms with E-state index in [9.17, 15) is 5.11 Å². The van der Waals surface area contributed by atoms with Crippen LogP contribution in [0, 0.1) is 0 Å². The molecule has 2 aromatic rings. The number of hydrogen-bond donors (Lipinski definition) is 2. The number of aliphatic hydroxyl groups is 1. The molecule has 2 N–H and O–H groups in total. The number of amidine groups is 1. The highest BCUT2D eigenvalue weighted by molar-refractivity contribution is 6.31. The van der Waals surface area contributed by atoms with Gasteiger partial charge in [0.05, 0.1) is 20.3 Å². The first-order chi connectivity index (χ1) is 11.7. The standard InChI is InChI=1S/C18H18ClN3O2/c1-24-16-5-2-11(8-12(16)10-23)17-21-15-9-13(19)3-4-14(15)18-20-6-7-22(17)18/h2-5,8-9,17,21,23H,6-7,10H2,1H3/t17-/m0/s1. The first-order valence-corrected chi connectivity index (χ1v) is 8.24. The fourth-order valence-electron chi connectivity index (χ4n) is 3.36. The lowest BCUT2D eigenvalue weighted by molar-refractivity contribution is 0.273. The number of benzene rings is 2. The quantitative estimate of drug-likeness (QED) is 0.899. The van der Waals surface area contributed by atoms with E-state index in [0.717, 1.165) is 41.3 Å². The Morgan fingerprint density at radius 2 is 2.21 bits per heavy atom. The van der Waals surface area contributed by atoms with Gasteiger partial charge < -0.3 is 20.1 Å². The van der Waals surface area contributed by atoms with E-state index < -0.39 is 0 Å². The van der Waals surface area contributed by atoms with Gasteiger partial charge in [-0.3, -0.25) is 4.99 Å². The summed E-state index contributed by atoms with van der Waals surface area (Å²) in [6.45, 7) is 1.57. The van der Waals surface area contributed by atoms with Crippen LogP contribution in [0.5, 0.6) is 5.75 Å². The summed E-state index contributed by atoms with van der Waals surface area (Å²) in [6.07, 6.45) is -0.0478. The van der Waals surface area contributed by atoms with Crippen molar-refractivity contribution in [3.8, 4) is 5.75 Å². The van der Waals surface area contributed by atoms with Gasteiger partial charge in [0.1, 0.15) is 17.8 Å². The van der Waals surface area contributed by atoms with Gasteiger partial charge in [-0.25, -0.2) is 0 Å². The molecule has 2 aliphatic rings. The Morgan fingerprint density at radius 1 is 1.33 bits per heavy atom. The first kappa shape index (κ1) is 15.3. The second-order valence-corrected chi connectivity index (χ2v) is 6.30. The summed E-state index contributed by atoms with van der Waals surface area (Å²) in [7, 11) is 1.61. The number of nitrogens with one attached hydrogen (secondary N) is 1. The van der Waals surface area contributed by atoms with Crippen molar-refractivity contribution < 1.29 is 9.84 Å². The summed E-state index contributed by atoms with van der Waals surface area (Å²) in [4.78, 5) is 6.92. The fourth-order valence-corrected chi connectivity index (χ4v) is 3.54. The summed E-state index contributed by atoms with van der Waals surface area (Å²) in [5, 5.41) is 13.8. The number of hydrogen-bond acceptors (Lipinski definition) is 5. The largest absolute Gasteiger partial charge is 0.496 e. The maximum atomic E-state index is 9.60. The van der Waals surface area contributed by atoms with Gasteiger partial charge in [0, 0.05) is 28.4 Å². The number of ether oxygens (including phenoxy) is 1. The highest BCUT2D eigenvalue weighted by Crippen LogP contribution is 2.37. The lowest BCUT2D eigenvalue weighted by Gasteiger charge is -2.38. The number of fused-ring (bicyclic) bond motifs is 3. The predicted octanol–water partition coefficient (Wildman–Crippen LogP) is 3.03. The number of nitrogens with zero attached hydrogens (tertiary/aromatic N) is 2. The Balaban J connectivity index is 1.78. The molecule has 2 aliphatic heterocycles. The average molecular weight is 344 g/mol. The molecule has 0 amide bonds. The molecule has 0 aromatic heterocycles. The van der Waals surface area contributed by atoms with E-state index in [1.54, 1.807) is 7.11 Å². The van der Waals surface area contributed by atoms with Gasteiger partial charge in [-0.15, -0.1) is 0 Å². The van der Waals surface area contributed by atoms with E-state index in [1.807, 2.05) is 36.4 Å². The molecule has 0 bridgehead atoms. The molecule has 0 radical (unpaired) electrons. The molecule has 124 valence electrons. The molecule has 0 spiro atoms. The minimum absolute atomic E-state index is 0.0478. The third kappa shape index (κ3) is 2.41. The molecule has 1 atom stereocenters. The van der Waals surface area contributed by atoms with E-state index in [2.05, 4.69) is 15.2 Å². The smallest absolute Gasteiger partial charge is 0.135 e. The second-order valence-electron chi connectivity index (χ2n) is 5.86. The molecule has 0 saturated carbocycles. The zero-order valence-corrected chi connectivity index (χ0v) is 14.0. The highest BCUT2D eigenvalue weighted by atomic mass is 35.5. The van der Waals surface area contributed by atoms with Crippen molar-refractivity contribution in [2.75, 3.05) is 25.5 Å². The van der Waals surface area contributed by atoms with Crippen molar-refractivity contribution in [3.05, 3.63) is 58.1 Å². The Hall–Kier alpha value is -2.24. The van der Waals surface area contributed by atoms with Crippen LogP contribution in [0.2, 0.25) is 5.02 Å². The van der Waals surface area contributed by atoms with Crippen LogP contribution in [-0.2, 0) is 6.61 Å². The summed E-state index contributed by atoms with van der Waals surface area (Å²) < 4.78 is 5.30. The highest BCUT2D eigenvalue weighted by Gasteiger charge is 2.33. The predicted molar refractivity (Wildman–Crippen MR) is 94.8 cm³/mol. The molecule has 0 aliphatic carbocycles. The van der Waals surface area contributed by atoms with Gasteiger partial charge in [0.15, 0.2) is 0 Å². The molecule has 24 heavy (non-hydrogen) atoms. The summed E-state index contributed by atoms with van der Waals surface area (Å²) in [6, 6.07) is 11.7. The summed E-state index contributed by atoms with van der Waals surface area (Å²) in [5.41, 5.74) is 3.88. The van der Waals surface area contributed by atoms with Crippen LogP contribution in [0.4, 0.5) is 5.69 Å². The first-order valence-electron chi connectivity index (χ1n) is 7.86. The minimum Gasteiger partial charge on any atom is -0.496 e. The molecule has 6 heteroatoms. The molecule has 0 saturated heterocycles. The minimum atomic E-state index is -0.0624. The molecular weight excluding hydrogens is 326 g/mol. The number of halogens is 1. The van der Waals surface area contributed by atoms with Crippen molar-refractivity contribution in [2.24, 2.45) is 4.99 Å². The number of anilines is 1. The topological polar surface area (TPSA) is 57.1 Å². The molecular formula is C18H18ClN3O2. The van der Waals surface area contributed by atoms with Crippen molar-refractivity contribution in [1.82, 2.24) is 4.90 Å². The van der Waals surface area contributed by atoms with Gasteiger partial charge in [0.2, 0.25) is 0 Å². The van der Waals surface area contributed by atoms with Gasteiger partial charge in [-0.05, 0) is 35.9 Å². The molecule has 5 nitrogen and oxygen atoms in total. The Bertz CT molecular complexity index is 822. The molecule has 0 fully saturated rings. The average Bonchev–Trinajstić information content (AvgIpc) is 3.10. The lowest BCUT2D eigenvalue weighted by Crippen LogP contribution is -2.41. The molecule has 0 unspecified atom stereocenters. The number of methoxy groups -OCH3 is 1. The van der Waals surface area contributed by atoms with Gasteiger partial charge in [-0.1, -0.05) is 17.7 Å². The van der Waals surface area contributed by atoms with Gasteiger partial charge in [0.25, 0.3) is 0 Å². The molecule has 2 aromatic carbocycles. The maximum Gasteiger partial charge on any atom is 0.135 e. The van der Waals surface area contributed by atoms with Crippen LogP contribution in [0.15, 0.2) is 41.4 Å². The van der Waals surface area contributed by atoms with E-state index in [-0.39, 0.29) is 12.8 Å². The SMILES string of the molecule is COc1ccc([C@H]2Nc3cc(Cl)ccc3C3=NCCN32)cc1CO. The van der Waals surface area contributed by atoms with Gasteiger partial charge in [-0.2, -0.15) is 0 Å². The van der Waals surface area contributed by atoms with Crippen molar-refractivity contribution >= 4 is 23.1 Å². The van der Waals surface area contributed by atoms with E-state index in [1.165, 1.54) is 0 Å². The van der Waals surface area contributed by atoms with Crippen LogP contribution in [0.25, 0.3) is 0 Å². The second kappa shape index (κ2) is 6.00. The maximum absolute atomic E-state index is 9.60. The van der Waals surface area contributed by atoms with Crippen molar-refractivity contribution in [1.29, 1.82) is 0 Å². The number of aliphatic hydroxyl groups excluding tert-OH is 1. The van der Waals surface area contributed by atoms with Crippen LogP contribution in [0.1, 0.15) is 22.9 Å². The Labute approximate surface area is 145 Å². The fraction of sp³-hybridized carbons (Fsp3) is 0.278. The third-order valence-electron chi connectivity index (χ3n) is 4.49. The van der Waals surface area contributed by atoms with Crippen LogP contribution in [-0.4, -0.2) is 36.0 Å². The summed E-state index contributed by atoms with van der Waals surface area (Å²) >= 11 is 6.16. The monoisotopic (exact) mass is 343 g/mol. The Kier molecular flexibility index (Phi) is 3.82. The van der Waals surface area contributed by atoms with Gasteiger partial charge >= 0.3 is 0 Å².